The van der Waals surface area contributed by atoms with Gasteiger partial charge in [-0.3, -0.25) is 4.90 Å². The second kappa shape index (κ2) is 5.99. The molecular weight excluding hydrogens is 320 g/mol. The Morgan fingerprint density at radius 2 is 1.81 bits per heavy atom. The fourth-order valence-corrected chi connectivity index (χ4v) is 2.90. The third-order valence-electron chi connectivity index (χ3n) is 3.10. The number of piperidine rings is 1. The van der Waals surface area contributed by atoms with E-state index in [2.05, 4.69) is 10.3 Å². The average Bonchev–Trinajstić information content (AvgIpc) is 2.78. The molecule has 2 heterocycles. The quantitative estimate of drug-likeness (QED) is 0.857. The van der Waals surface area contributed by atoms with Crippen LogP contribution in [-0.2, 0) is 6.18 Å². The summed E-state index contributed by atoms with van der Waals surface area (Å²) in [6.45, 7) is -0.432. The maximum absolute atomic E-state index is 12.4. The number of halogens is 6. The van der Waals surface area contributed by atoms with Crippen molar-refractivity contribution in [3.05, 3.63) is 11.1 Å². The summed E-state index contributed by atoms with van der Waals surface area (Å²) in [5.74, 6) is 0. The molecule has 10 heteroatoms. The Morgan fingerprint density at radius 3 is 2.29 bits per heavy atom. The molecule has 0 bridgehead atoms. The highest BCUT2D eigenvalue weighted by molar-refractivity contribution is 7.15. The lowest BCUT2D eigenvalue weighted by Crippen LogP contribution is -2.43. The second-order valence-corrected chi connectivity index (χ2v) is 5.87. The number of nitrogens with one attached hydrogen (secondary N) is 1. The van der Waals surface area contributed by atoms with Crippen LogP contribution in [0.3, 0.4) is 0 Å². The highest BCUT2D eigenvalue weighted by atomic mass is 32.1. The van der Waals surface area contributed by atoms with Gasteiger partial charge in [0, 0.05) is 19.1 Å². The number of aromatic nitrogens is 1. The van der Waals surface area contributed by atoms with Gasteiger partial charge in [-0.15, -0.1) is 0 Å². The van der Waals surface area contributed by atoms with Crippen molar-refractivity contribution in [1.82, 2.24) is 9.88 Å². The molecule has 1 N–H and O–H groups in total. The smallest absolute Gasteiger partial charge is 0.359 e. The maximum atomic E-state index is 12.4. The molecule has 1 aromatic rings. The van der Waals surface area contributed by atoms with E-state index >= 15 is 0 Å². The molecule has 0 aliphatic carbocycles. The van der Waals surface area contributed by atoms with E-state index in [1.54, 1.807) is 0 Å². The predicted octanol–water partition coefficient (Wildman–Crippen LogP) is 3.60. The van der Waals surface area contributed by atoms with Crippen molar-refractivity contribution in [2.24, 2.45) is 0 Å². The number of thiazole rings is 1. The first kappa shape index (κ1) is 16.3. The Morgan fingerprint density at radius 1 is 1.19 bits per heavy atom. The van der Waals surface area contributed by atoms with Crippen molar-refractivity contribution >= 4 is 16.5 Å². The van der Waals surface area contributed by atoms with Gasteiger partial charge in [0.1, 0.15) is 4.88 Å². The van der Waals surface area contributed by atoms with Gasteiger partial charge in [-0.1, -0.05) is 11.3 Å². The Bertz CT molecular complexity index is 461. The van der Waals surface area contributed by atoms with E-state index < -0.39 is 23.8 Å². The van der Waals surface area contributed by atoms with Crippen LogP contribution in [0.1, 0.15) is 17.7 Å². The van der Waals surface area contributed by atoms with E-state index in [1.807, 2.05) is 0 Å². The summed E-state index contributed by atoms with van der Waals surface area (Å²) in [5, 5.41) is 3.01. The number of rotatable bonds is 3. The summed E-state index contributed by atoms with van der Waals surface area (Å²) >= 11 is 0.503. The molecule has 0 atom stereocenters. The van der Waals surface area contributed by atoms with Crippen LogP contribution in [0.4, 0.5) is 31.5 Å². The minimum Gasteiger partial charge on any atom is -0.359 e. The first-order valence-electron chi connectivity index (χ1n) is 6.22. The van der Waals surface area contributed by atoms with Crippen molar-refractivity contribution < 1.29 is 26.3 Å². The summed E-state index contributed by atoms with van der Waals surface area (Å²) in [6, 6.07) is -0.151. The number of anilines is 1. The summed E-state index contributed by atoms with van der Waals surface area (Å²) < 4.78 is 73.9. The first-order valence-corrected chi connectivity index (χ1v) is 7.04. The minimum atomic E-state index is -4.42. The third kappa shape index (κ3) is 5.03. The van der Waals surface area contributed by atoms with Crippen LogP contribution >= 0.6 is 11.3 Å². The van der Waals surface area contributed by atoms with Crippen molar-refractivity contribution in [2.75, 3.05) is 25.0 Å². The summed E-state index contributed by atoms with van der Waals surface area (Å²) in [6.07, 6.45) is -7.01. The molecule has 1 aliphatic heterocycles. The van der Waals surface area contributed by atoms with Gasteiger partial charge in [0.15, 0.2) is 5.13 Å². The first-order chi connectivity index (χ1) is 9.63. The third-order valence-corrected chi connectivity index (χ3v) is 4.08. The summed E-state index contributed by atoms with van der Waals surface area (Å²) in [5.41, 5.74) is 0. The molecule has 0 spiro atoms. The largest absolute Gasteiger partial charge is 0.427 e. The average molecular weight is 333 g/mol. The fourth-order valence-electron chi connectivity index (χ4n) is 2.14. The normalized spacial score (nSPS) is 19.0. The molecule has 2 rings (SSSR count). The van der Waals surface area contributed by atoms with Gasteiger partial charge >= 0.3 is 12.4 Å². The maximum Gasteiger partial charge on any atom is 0.427 e. The molecule has 1 fully saturated rings. The van der Waals surface area contributed by atoms with Gasteiger partial charge < -0.3 is 5.32 Å². The number of likely N-dealkylation sites (tertiary alicyclic amines) is 1. The van der Waals surface area contributed by atoms with Crippen LogP contribution in [0.15, 0.2) is 6.20 Å². The van der Waals surface area contributed by atoms with Crippen LogP contribution < -0.4 is 5.32 Å². The lowest BCUT2D eigenvalue weighted by molar-refractivity contribution is -0.147. The van der Waals surface area contributed by atoms with Gasteiger partial charge in [-0.25, -0.2) is 4.98 Å². The van der Waals surface area contributed by atoms with Gasteiger partial charge in [-0.05, 0) is 12.8 Å². The number of nitrogens with zero attached hydrogens (tertiary/aromatic N) is 2. The molecule has 0 amide bonds. The zero-order valence-electron chi connectivity index (χ0n) is 10.8. The van der Waals surface area contributed by atoms with Gasteiger partial charge in [-0.2, -0.15) is 26.3 Å². The molecule has 0 unspecified atom stereocenters. The van der Waals surface area contributed by atoms with Crippen molar-refractivity contribution in [3.8, 4) is 0 Å². The van der Waals surface area contributed by atoms with E-state index in [0.717, 1.165) is 6.20 Å². The molecule has 0 aromatic carbocycles. The van der Waals surface area contributed by atoms with E-state index in [1.165, 1.54) is 4.90 Å². The van der Waals surface area contributed by atoms with Crippen LogP contribution in [0.5, 0.6) is 0 Å². The highest BCUT2D eigenvalue weighted by Crippen LogP contribution is 2.35. The summed E-state index contributed by atoms with van der Waals surface area (Å²) in [4.78, 5) is 4.15. The Balaban J connectivity index is 1.82. The molecule has 1 aromatic heterocycles. The molecule has 120 valence electrons. The monoisotopic (exact) mass is 333 g/mol. The van der Waals surface area contributed by atoms with Gasteiger partial charge in [0.25, 0.3) is 0 Å². The van der Waals surface area contributed by atoms with Crippen LogP contribution in [-0.4, -0.2) is 41.7 Å². The molecule has 3 nitrogen and oxygen atoms in total. The van der Waals surface area contributed by atoms with E-state index in [4.69, 9.17) is 0 Å². The second-order valence-electron chi connectivity index (χ2n) is 4.84. The fraction of sp³-hybridized carbons (Fsp3) is 0.727. The SMILES string of the molecule is FC(F)(F)CN1CCC(Nc2ncc(C(F)(F)F)s2)CC1. The molecule has 1 saturated heterocycles. The molecule has 21 heavy (non-hydrogen) atoms. The number of hydrogen-bond acceptors (Lipinski definition) is 4. The lowest BCUT2D eigenvalue weighted by Gasteiger charge is -2.32. The van der Waals surface area contributed by atoms with Crippen LogP contribution in [0, 0.1) is 0 Å². The Labute approximate surface area is 121 Å². The lowest BCUT2D eigenvalue weighted by atomic mass is 10.1. The van der Waals surface area contributed by atoms with Crippen molar-refractivity contribution in [3.63, 3.8) is 0 Å². The van der Waals surface area contributed by atoms with Crippen molar-refractivity contribution in [2.45, 2.75) is 31.2 Å². The molecule has 0 radical (unpaired) electrons. The Hall–Kier alpha value is -1.03. The molecular formula is C11H13F6N3S. The van der Waals surface area contributed by atoms with E-state index in [9.17, 15) is 26.3 Å². The van der Waals surface area contributed by atoms with E-state index in [0.29, 0.717) is 24.2 Å². The zero-order valence-corrected chi connectivity index (χ0v) is 11.6. The van der Waals surface area contributed by atoms with E-state index in [-0.39, 0.29) is 24.3 Å². The van der Waals surface area contributed by atoms with Gasteiger partial charge in [0.2, 0.25) is 0 Å². The molecule has 0 saturated carbocycles. The minimum absolute atomic E-state index is 0.150. The predicted molar refractivity (Wildman–Crippen MR) is 66.3 cm³/mol. The van der Waals surface area contributed by atoms with Crippen LogP contribution in [0.2, 0.25) is 0 Å². The summed E-state index contributed by atoms with van der Waals surface area (Å²) in [7, 11) is 0. The topological polar surface area (TPSA) is 28.2 Å². The zero-order chi connectivity index (χ0) is 15.7. The number of hydrogen-bond donors (Lipinski definition) is 1. The Kier molecular flexibility index (Phi) is 4.66. The van der Waals surface area contributed by atoms with Crippen molar-refractivity contribution in [1.29, 1.82) is 0 Å². The number of alkyl halides is 6. The van der Waals surface area contributed by atoms with Crippen LogP contribution in [0.25, 0.3) is 0 Å². The van der Waals surface area contributed by atoms with Gasteiger partial charge in [0.05, 0.1) is 12.7 Å². The standard InChI is InChI=1S/C11H13F6N3S/c12-10(13,14)6-20-3-1-7(2-4-20)19-9-18-5-8(21-9)11(15,16)17/h5,7H,1-4,6H2,(H,18,19). The highest BCUT2D eigenvalue weighted by Gasteiger charge is 2.34. The molecule has 1 aliphatic rings.